The number of allylic oxidation sites excluding steroid dienone is 25. The van der Waals surface area contributed by atoms with E-state index in [9.17, 15) is 0 Å². The minimum Gasteiger partial charge on any atom is -1.00 e. The van der Waals surface area contributed by atoms with Gasteiger partial charge in [0, 0.05) is 11.8 Å². The first-order valence-electron chi connectivity index (χ1n) is 48.7. The summed E-state index contributed by atoms with van der Waals surface area (Å²) in [5.41, 5.74) is 38.9. The molecule has 2 heteroatoms. The second-order valence-electron chi connectivity index (χ2n) is 49.3. The Labute approximate surface area is 814 Å². The van der Waals surface area contributed by atoms with E-state index in [2.05, 4.69) is 490 Å². The third-order valence-electron chi connectivity index (χ3n) is 28.9. The third-order valence-corrected chi connectivity index (χ3v) is 28.9. The summed E-state index contributed by atoms with van der Waals surface area (Å²) in [6.45, 7) is 80.2. The van der Waals surface area contributed by atoms with Crippen LogP contribution in [0.2, 0.25) is 0 Å². The average Bonchev–Trinajstić information content (AvgIpc) is 1.55. The van der Waals surface area contributed by atoms with Crippen molar-refractivity contribution in [1.29, 1.82) is 0 Å². The summed E-state index contributed by atoms with van der Waals surface area (Å²) in [5, 5.41) is 0. The van der Waals surface area contributed by atoms with Gasteiger partial charge in [-0.15, -0.1) is 0 Å². The Bertz CT molecular complexity index is 5400. The van der Waals surface area contributed by atoms with Crippen molar-refractivity contribution in [3.63, 3.8) is 0 Å². The van der Waals surface area contributed by atoms with Gasteiger partial charge in [0.2, 0.25) is 0 Å². The zero-order valence-corrected chi connectivity index (χ0v) is 87.3. The van der Waals surface area contributed by atoms with Crippen molar-refractivity contribution in [2.45, 2.75) is 294 Å². The molecule has 0 N–H and O–H groups in total. The number of rotatable bonds is 8. The minimum atomic E-state index is 0. The molecule has 16 rings (SSSR count). The maximum atomic E-state index is 3.60. The van der Waals surface area contributed by atoms with Crippen LogP contribution < -0.4 is 37.7 Å². The molecule has 0 aromatic heterocycles. The van der Waals surface area contributed by atoms with Gasteiger partial charge >= 0.3 is 39.1 Å². The summed E-state index contributed by atoms with van der Waals surface area (Å²) in [4.78, 5) is 0. The molecular weight excluding hydrogens is 1540 g/mol. The molecular formula is C127H165Li2+. The van der Waals surface area contributed by atoms with Gasteiger partial charge in [-0.05, 0) is 280 Å². The molecule has 9 aliphatic carbocycles. The molecule has 0 nitrogen and oxygen atoms in total. The summed E-state index contributed by atoms with van der Waals surface area (Å²) < 4.78 is 0. The van der Waals surface area contributed by atoms with Crippen LogP contribution in [0.4, 0.5) is 0 Å². The van der Waals surface area contributed by atoms with Crippen LogP contribution in [0.1, 0.15) is 331 Å². The van der Waals surface area contributed by atoms with Crippen LogP contribution >= 0.6 is 0 Å². The van der Waals surface area contributed by atoms with E-state index in [1.54, 1.807) is 16.7 Å². The average molecular weight is 1710 g/mol. The smallest absolute Gasteiger partial charge is 1.00 e. The zero-order chi connectivity index (χ0) is 93.0. The molecule has 0 heterocycles. The second-order valence-corrected chi connectivity index (χ2v) is 49.3. The maximum Gasteiger partial charge on any atom is 1.00 e. The fraction of sp³-hybridized carbons (Fsp3) is 0.457. The summed E-state index contributed by atoms with van der Waals surface area (Å²) in [6, 6.07) is 64.4. The van der Waals surface area contributed by atoms with E-state index in [0.717, 1.165) is 12.8 Å². The zero-order valence-electron chi connectivity index (χ0n) is 89.3. The standard InChI is InChI=1S/C48H58.2C27H34.C21H28.C4H9.2Li.H/c1-30-25-35(47(8,9)10)27-38(30)42(32-19-21-33(22-20-32)45(2,3)4)44-40-26-34(46(5,6)7)23-24-37(40)43-39(31-17-15-14-16-18-31)28-36(29-41(43)44)48(11,12)13;2*1-26(2,3)21-12-13-23-19(15-21)14-20-16-22(27(4,5)6)17-24(25(20)23)18-10-8-7-9-11-18;1-15-12-19(21(5,6)7)14-17(15)13-16-8-10-18(11-9-16)20(2,3)4;1-3-4-2;;;/h14-24,26-29,42,44H,25H2,1-13H3;2*7-13,15-17,19-20,23,25H,14H2,1-6H3;8-14H,1-7H3;1,3-4H2,2H3;;;/q;;;;-1;2*+1;-1/p+1/b;;;17-13+;;;;. The molecule has 0 saturated heterocycles. The minimum absolute atomic E-state index is 0. The first-order valence-corrected chi connectivity index (χ1v) is 48.7. The van der Waals surface area contributed by atoms with Crippen molar-refractivity contribution < 1.29 is 40.6 Å². The van der Waals surface area contributed by atoms with E-state index in [4.69, 9.17) is 0 Å². The summed E-state index contributed by atoms with van der Waals surface area (Å²) in [7, 11) is 0. The number of hydrogen-bond acceptors (Lipinski definition) is 0. The van der Waals surface area contributed by atoms with Crippen molar-refractivity contribution in [1.82, 2.24) is 0 Å². The van der Waals surface area contributed by atoms with E-state index in [1.165, 1.54) is 147 Å². The maximum absolute atomic E-state index is 3.60. The number of hydrogen-bond donors (Lipinski definition) is 0. The summed E-state index contributed by atoms with van der Waals surface area (Å²) in [6.07, 6.45) is 40.7. The first kappa shape index (κ1) is 103. The molecule has 9 aliphatic rings. The molecule has 0 radical (unpaired) electrons. The molecule has 674 valence electrons. The van der Waals surface area contributed by atoms with Crippen LogP contribution in [0.3, 0.4) is 0 Å². The normalized spacial score (nSPS) is 22.3. The molecule has 7 aromatic carbocycles. The van der Waals surface area contributed by atoms with Gasteiger partial charge in [0.15, 0.2) is 0 Å². The number of unbranched alkanes of at least 4 members (excludes halogenated alkanes) is 1. The fourth-order valence-corrected chi connectivity index (χ4v) is 20.6. The first-order chi connectivity index (χ1) is 59.0. The Morgan fingerprint density at radius 3 is 1.15 bits per heavy atom. The summed E-state index contributed by atoms with van der Waals surface area (Å²) >= 11 is 0. The van der Waals surface area contributed by atoms with E-state index in [0.29, 0.717) is 47.3 Å². The van der Waals surface area contributed by atoms with E-state index in [-0.39, 0.29) is 107 Å². The molecule has 10 atom stereocenters. The molecule has 0 amide bonds. The predicted octanol–water partition coefficient (Wildman–Crippen LogP) is 30.9. The molecule has 10 unspecified atom stereocenters. The van der Waals surface area contributed by atoms with Crippen LogP contribution in [0.25, 0.3) is 39.5 Å². The largest absolute Gasteiger partial charge is 1.00 e. The topological polar surface area (TPSA) is 0 Å². The molecule has 2 saturated carbocycles. The van der Waals surface area contributed by atoms with Crippen molar-refractivity contribution >= 4 is 17.2 Å². The predicted molar refractivity (Wildman–Crippen MR) is 561 cm³/mol. The Kier molecular flexibility index (Phi) is 32.0. The summed E-state index contributed by atoms with van der Waals surface area (Å²) in [5.74, 6) is 5.51. The van der Waals surface area contributed by atoms with Crippen LogP contribution in [-0.2, 0) is 21.7 Å². The van der Waals surface area contributed by atoms with Gasteiger partial charge in [-0.2, -0.15) is 6.42 Å². The Morgan fingerprint density at radius 2 is 0.767 bits per heavy atom. The molecule has 0 bridgehead atoms. The van der Waals surface area contributed by atoms with Crippen molar-refractivity contribution in [3.05, 3.63) is 367 Å². The van der Waals surface area contributed by atoms with Gasteiger partial charge < -0.3 is 8.35 Å². The van der Waals surface area contributed by atoms with Crippen molar-refractivity contribution in [2.75, 3.05) is 0 Å². The van der Waals surface area contributed by atoms with Gasteiger partial charge in [0.1, 0.15) is 0 Å². The SMILES string of the molecule is CC(C)(C)C1=CC2CC3C=C(C(C)(C)C)C=C(c4ccccc4)C3C2C=C1.CC(C)(C)C1=CC2CC3C=C(C(C)(C)C)C=C(c4ccccc4)C3C2C=C1.CC1=C(C(c2ccc(C(C)(C)C)cc2)C2c3cc(C(C)(C)C)ccc3-c3c(-c4ccccc4)cc(C(C)(C)C)cc32)C=C(C(C)(C)C)C1.CC1=CC(C(C)(C)C)=C/C1=C\c1ccc(C(C)(C)C)cc1.[CH2-]CCC.[H+].[H-].[Li+].[Li+]. The molecule has 2 fully saturated rings. The molecule has 129 heavy (non-hydrogen) atoms. The molecule has 0 spiro atoms. The monoisotopic (exact) mass is 1700 g/mol. The van der Waals surface area contributed by atoms with Gasteiger partial charge in [-0.25, -0.2) is 0 Å². The fourth-order valence-electron chi connectivity index (χ4n) is 20.6. The van der Waals surface area contributed by atoms with Crippen molar-refractivity contribution in [2.24, 2.45) is 79.8 Å². The molecule has 0 aliphatic heterocycles. The molecule has 7 aromatic rings. The number of benzene rings is 7. The van der Waals surface area contributed by atoms with Crippen molar-refractivity contribution in [3.8, 4) is 22.3 Å². The van der Waals surface area contributed by atoms with Gasteiger partial charge in [0.25, 0.3) is 0 Å². The van der Waals surface area contributed by atoms with Gasteiger partial charge in [0.05, 0.1) is 0 Å². The second kappa shape index (κ2) is 39.9. The Hall–Kier alpha value is -7.65. The quantitative estimate of drug-likeness (QED) is 0.105. The van der Waals surface area contributed by atoms with Crippen LogP contribution in [0, 0.1) is 86.8 Å². The number of fused-ring (bicyclic) bond motifs is 9. The van der Waals surface area contributed by atoms with Gasteiger partial charge in [-0.3, -0.25) is 0 Å². The van der Waals surface area contributed by atoms with Gasteiger partial charge in [-0.1, -0.05) is 475 Å². The van der Waals surface area contributed by atoms with E-state index in [1.807, 2.05) is 0 Å². The van der Waals surface area contributed by atoms with Crippen LogP contribution in [-0.4, -0.2) is 0 Å². The van der Waals surface area contributed by atoms with Crippen LogP contribution in [0.15, 0.2) is 305 Å². The van der Waals surface area contributed by atoms with E-state index < -0.39 is 0 Å². The Morgan fingerprint density at radius 1 is 0.380 bits per heavy atom. The third kappa shape index (κ3) is 24.1. The Balaban J connectivity index is 0.000000221. The van der Waals surface area contributed by atoms with E-state index >= 15 is 0 Å². The van der Waals surface area contributed by atoms with Crippen LogP contribution in [0.5, 0.6) is 0 Å².